The Morgan fingerprint density at radius 1 is 1.52 bits per heavy atom. The molecular formula is C17H17N3O4S. The monoisotopic (exact) mass is 359 g/mol. The van der Waals surface area contributed by atoms with Gasteiger partial charge >= 0.3 is 0 Å². The standard InChI is InChI=1S/C17H17N3O4S/c1-3-4-13-18-16-15(17(23)20(13)25)10(8-14(22)19-16)9-5-6-12(24-2)11(21)7-9/h3,5-7,10,21,25H,1,4,8H2,2H3,(H,19,22). The number of aromatic nitrogens is 2. The lowest BCUT2D eigenvalue weighted by Crippen LogP contribution is -2.34. The molecule has 0 bridgehead atoms. The van der Waals surface area contributed by atoms with Gasteiger partial charge in [-0.1, -0.05) is 25.0 Å². The van der Waals surface area contributed by atoms with E-state index >= 15 is 0 Å². The summed E-state index contributed by atoms with van der Waals surface area (Å²) in [6.07, 6.45) is 2.02. The molecule has 0 spiro atoms. The fraction of sp³-hybridized carbons (Fsp3) is 0.235. The van der Waals surface area contributed by atoms with E-state index in [0.717, 1.165) is 3.97 Å². The number of methoxy groups -OCH3 is 1. The molecule has 25 heavy (non-hydrogen) atoms. The maximum atomic E-state index is 12.8. The number of carbonyl (C=O) groups excluding carboxylic acids is 1. The van der Waals surface area contributed by atoms with Crippen molar-refractivity contribution in [2.75, 3.05) is 12.4 Å². The first-order valence-corrected chi connectivity index (χ1v) is 7.99. The predicted molar refractivity (Wildman–Crippen MR) is 96.5 cm³/mol. The molecule has 0 saturated carbocycles. The number of thiol groups is 1. The number of benzene rings is 1. The second-order valence-corrected chi connectivity index (χ2v) is 6.04. The number of amides is 1. The molecular weight excluding hydrogens is 342 g/mol. The first kappa shape index (κ1) is 17.1. The summed E-state index contributed by atoms with van der Waals surface area (Å²) < 4.78 is 6.20. The molecule has 2 aromatic rings. The summed E-state index contributed by atoms with van der Waals surface area (Å²) in [7, 11) is 1.45. The first-order chi connectivity index (χ1) is 12.0. The Labute approximate surface area is 149 Å². The molecule has 130 valence electrons. The van der Waals surface area contributed by atoms with Crippen molar-refractivity contribution in [2.24, 2.45) is 0 Å². The van der Waals surface area contributed by atoms with Crippen molar-refractivity contribution in [2.45, 2.75) is 18.8 Å². The third-order valence-electron chi connectivity index (χ3n) is 4.09. The number of aromatic hydroxyl groups is 1. The fourth-order valence-electron chi connectivity index (χ4n) is 2.92. The molecule has 0 saturated heterocycles. The Bertz CT molecular complexity index is 923. The van der Waals surface area contributed by atoms with Gasteiger partial charge in [0, 0.05) is 18.8 Å². The number of phenolic OH excluding ortho intramolecular Hbond substituents is 1. The van der Waals surface area contributed by atoms with Crippen molar-refractivity contribution in [3.8, 4) is 11.5 Å². The molecule has 1 amide bonds. The molecule has 1 aromatic heterocycles. The van der Waals surface area contributed by atoms with Crippen molar-refractivity contribution in [1.82, 2.24) is 8.96 Å². The minimum atomic E-state index is -0.531. The smallest absolute Gasteiger partial charge is 0.269 e. The van der Waals surface area contributed by atoms with Crippen molar-refractivity contribution in [1.29, 1.82) is 0 Å². The van der Waals surface area contributed by atoms with Crippen LogP contribution in [-0.2, 0) is 11.2 Å². The van der Waals surface area contributed by atoms with Gasteiger partial charge < -0.3 is 15.2 Å². The van der Waals surface area contributed by atoms with Crippen LogP contribution in [0.3, 0.4) is 0 Å². The van der Waals surface area contributed by atoms with E-state index in [9.17, 15) is 14.7 Å². The molecule has 1 aliphatic heterocycles. The molecule has 7 nitrogen and oxygen atoms in total. The van der Waals surface area contributed by atoms with Crippen LogP contribution >= 0.6 is 12.8 Å². The minimum absolute atomic E-state index is 0.0602. The molecule has 1 aromatic carbocycles. The lowest BCUT2D eigenvalue weighted by molar-refractivity contribution is -0.116. The van der Waals surface area contributed by atoms with E-state index in [2.05, 4.69) is 29.7 Å². The van der Waals surface area contributed by atoms with Crippen molar-refractivity contribution < 1.29 is 14.6 Å². The van der Waals surface area contributed by atoms with E-state index in [1.54, 1.807) is 18.2 Å². The van der Waals surface area contributed by atoms with E-state index in [4.69, 9.17) is 4.74 Å². The second-order valence-electron chi connectivity index (χ2n) is 5.64. The average Bonchev–Trinajstić information content (AvgIpc) is 2.58. The number of hydrogen-bond donors (Lipinski definition) is 3. The number of allylic oxidation sites excluding steroid dienone is 1. The lowest BCUT2D eigenvalue weighted by atomic mass is 9.86. The number of nitrogens with one attached hydrogen (secondary N) is 1. The largest absolute Gasteiger partial charge is 0.504 e. The quantitative estimate of drug-likeness (QED) is 0.572. The number of phenols is 1. The zero-order chi connectivity index (χ0) is 18.1. The Kier molecular flexibility index (Phi) is 4.54. The van der Waals surface area contributed by atoms with Crippen molar-refractivity contribution >= 4 is 24.5 Å². The molecule has 2 heterocycles. The van der Waals surface area contributed by atoms with Gasteiger partial charge in [-0.2, -0.15) is 0 Å². The van der Waals surface area contributed by atoms with Gasteiger partial charge in [-0.25, -0.2) is 8.96 Å². The summed E-state index contributed by atoms with van der Waals surface area (Å²) in [6.45, 7) is 3.63. The van der Waals surface area contributed by atoms with Crippen LogP contribution < -0.4 is 15.6 Å². The fourth-order valence-corrected chi connectivity index (χ4v) is 3.15. The highest BCUT2D eigenvalue weighted by Crippen LogP contribution is 2.37. The normalized spacial score (nSPS) is 16.1. The van der Waals surface area contributed by atoms with E-state index in [1.807, 2.05) is 0 Å². The molecule has 3 rings (SSSR count). The third kappa shape index (κ3) is 3.00. The van der Waals surface area contributed by atoms with Crippen LogP contribution in [-0.4, -0.2) is 27.1 Å². The Morgan fingerprint density at radius 3 is 2.92 bits per heavy atom. The summed E-state index contributed by atoms with van der Waals surface area (Å²) in [4.78, 5) is 29.2. The topological polar surface area (TPSA) is 93.5 Å². The SMILES string of the molecule is C=CCc1nc2c(c(=O)n1S)C(c1ccc(OC)c(O)c1)CC(=O)N2. The number of anilines is 1. The summed E-state index contributed by atoms with van der Waals surface area (Å²) in [6, 6.07) is 4.80. The molecule has 8 heteroatoms. The van der Waals surface area contributed by atoms with Gasteiger partial charge in [-0.15, -0.1) is 6.58 Å². The first-order valence-electron chi connectivity index (χ1n) is 7.59. The van der Waals surface area contributed by atoms with E-state index < -0.39 is 5.92 Å². The number of nitrogens with zero attached hydrogens (tertiary/aromatic N) is 2. The zero-order valence-corrected chi connectivity index (χ0v) is 14.4. The number of hydrogen-bond acceptors (Lipinski definition) is 6. The maximum Gasteiger partial charge on any atom is 0.269 e. The summed E-state index contributed by atoms with van der Waals surface area (Å²) >= 11 is 4.22. The van der Waals surface area contributed by atoms with Gasteiger partial charge in [0.05, 0.1) is 12.7 Å². The molecule has 0 fully saturated rings. The van der Waals surface area contributed by atoms with Crippen molar-refractivity contribution in [3.05, 3.63) is 58.2 Å². The van der Waals surface area contributed by atoms with Crippen molar-refractivity contribution in [3.63, 3.8) is 0 Å². The average molecular weight is 359 g/mol. The number of ether oxygens (including phenoxy) is 1. The van der Waals surface area contributed by atoms with Crippen LogP contribution in [0.15, 0.2) is 35.6 Å². The molecule has 1 unspecified atom stereocenters. The molecule has 1 atom stereocenters. The lowest BCUT2D eigenvalue weighted by Gasteiger charge is -2.25. The highest BCUT2D eigenvalue weighted by Gasteiger charge is 2.32. The van der Waals surface area contributed by atoms with Crippen LogP contribution in [0.5, 0.6) is 11.5 Å². The van der Waals surface area contributed by atoms with Gasteiger partial charge in [0.25, 0.3) is 5.56 Å². The van der Waals surface area contributed by atoms with Gasteiger partial charge in [0.2, 0.25) is 5.91 Å². The van der Waals surface area contributed by atoms with Crippen LogP contribution in [0.25, 0.3) is 0 Å². The summed E-state index contributed by atoms with van der Waals surface area (Å²) in [5, 5.41) is 12.7. The van der Waals surface area contributed by atoms with E-state index in [-0.39, 0.29) is 29.5 Å². The number of carbonyl (C=O) groups is 1. The zero-order valence-electron chi connectivity index (χ0n) is 13.5. The van der Waals surface area contributed by atoms with Gasteiger partial charge in [-0.05, 0) is 17.7 Å². The minimum Gasteiger partial charge on any atom is -0.504 e. The van der Waals surface area contributed by atoms with Gasteiger partial charge in [0.1, 0.15) is 11.6 Å². The number of fused-ring (bicyclic) bond motifs is 1. The highest BCUT2D eigenvalue weighted by molar-refractivity contribution is 7.78. The van der Waals surface area contributed by atoms with Gasteiger partial charge in [-0.3, -0.25) is 9.59 Å². The summed E-state index contributed by atoms with van der Waals surface area (Å²) in [5.74, 6) is 0.0903. The second kappa shape index (κ2) is 6.64. The molecule has 2 N–H and O–H groups in total. The van der Waals surface area contributed by atoms with E-state index in [0.29, 0.717) is 29.1 Å². The number of rotatable bonds is 4. The van der Waals surface area contributed by atoms with Crippen LogP contribution in [0.2, 0.25) is 0 Å². The van der Waals surface area contributed by atoms with Gasteiger partial charge in [0.15, 0.2) is 11.5 Å². The van der Waals surface area contributed by atoms with Crippen LogP contribution in [0.1, 0.15) is 29.3 Å². The summed E-state index contributed by atoms with van der Waals surface area (Å²) in [5.41, 5.74) is 0.607. The van der Waals surface area contributed by atoms with Crippen LogP contribution in [0, 0.1) is 0 Å². The van der Waals surface area contributed by atoms with Crippen LogP contribution in [0.4, 0.5) is 5.82 Å². The molecule has 0 aliphatic carbocycles. The Morgan fingerprint density at radius 2 is 2.28 bits per heavy atom. The third-order valence-corrected chi connectivity index (χ3v) is 4.50. The molecule has 1 aliphatic rings. The Balaban J connectivity index is 2.17. The molecule has 0 radical (unpaired) electrons. The highest BCUT2D eigenvalue weighted by atomic mass is 32.1. The predicted octanol–water partition coefficient (Wildman–Crippen LogP) is 1.85. The van der Waals surface area contributed by atoms with E-state index in [1.165, 1.54) is 13.2 Å². The maximum absolute atomic E-state index is 12.8. The Hall–Kier alpha value is -2.74.